The number of halogens is 1. The predicted molar refractivity (Wildman–Crippen MR) is 166 cm³/mol. The number of nitrogens with zero attached hydrogens (tertiary/aromatic N) is 5. The molecule has 2 aliphatic rings. The van der Waals surface area contributed by atoms with Crippen molar-refractivity contribution in [1.82, 2.24) is 24.6 Å². The number of nitrogens with one attached hydrogen (secondary N) is 1. The summed E-state index contributed by atoms with van der Waals surface area (Å²) in [4.78, 5) is 27.0. The summed E-state index contributed by atoms with van der Waals surface area (Å²) in [5.74, 6) is 1.70. The van der Waals surface area contributed by atoms with Crippen LogP contribution in [0.2, 0.25) is 0 Å². The van der Waals surface area contributed by atoms with E-state index < -0.39 is 55.6 Å². The van der Waals surface area contributed by atoms with Gasteiger partial charge in [0.15, 0.2) is 28.8 Å². The quantitative estimate of drug-likeness (QED) is 0.129. The monoisotopic (exact) mass is 653 g/mol. The number of hydrogen-bond acceptors (Lipinski definition) is 12. The van der Waals surface area contributed by atoms with E-state index in [2.05, 4.69) is 20.0 Å². The summed E-state index contributed by atoms with van der Waals surface area (Å²) in [5, 5.41) is 15.6. The Balaban J connectivity index is 1.33. The number of imidazole rings is 1. The van der Waals surface area contributed by atoms with Crippen molar-refractivity contribution in [3.8, 4) is 18.1 Å². The second-order valence-electron chi connectivity index (χ2n) is 11.6. The lowest BCUT2D eigenvalue weighted by Crippen LogP contribution is -2.47. The van der Waals surface area contributed by atoms with Crippen molar-refractivity contribution < 1.29 is 37.4 Å². The first-order valence-electron chi connectivity index (χ1n) is 14.4. The molecule has 1 saturated carbocycles. The number of ether oxygens (including phenoxy) is 2. The molecule has 1 aliphatic heterocycles. The number of rotatable bonds is 10. The van der Waals surface area contributed by atoms with Gasteiger partial charge in [0.25, 0.3) is 0 Å². The van der Waals surface area contributed by atoms with Gasteiger partial charge in [0.1, 0.15) is 24.0 Å². The first-order chi connectivity index (χ1) is 21.7. The van der Waals surface area contributed by atoms with E-state index in [0.717, 1.165) is 5.39 Å². The Morgan fingerprint density at radius 3 is 2.65 bits per heavy atom. The highest BCUT2D eigenvalue weighted by atomic mass is 31.2. The maximum atomic E-state index is 16.9. The fraction of sp³-hybridized carbons (Fsp3) is 0.400. The summed E-state index contributed by atoms with van der Waals surface area (Å²) in [5.41, 5.74) is 0.909. The first-order valence-corrected chi connectivity index (χ1v) is 15.9. The van der Waals surface area contributed by atoms with Gasteiger partial charge in [-0.15, -0.1) is 6.42 Å². The number of esters is 1. The highest BCUT2D eigenvalue weighted by molar-refractivity contribution is 7.52. The third kappa shape index (κ3) is 5.03. The van der Waals surface area contributed by atoms with Crippen molar-refractivity contribution in [2.45, 2.75) is 62.6 Å². The molecule has 46 heavy (non-hydrogen) atoms. The number of benzene rings is 2. The largest absolute Gasteiger partial charge is 0.462 e. The molecule has 14 nitrogen and oxygen atoms in total. The van der Waals surface area contributed by atoms with Crippen molar-refractivity contribution in [1.29, 1.82) is 0 Å². The standard InChI is InChI=1S/C30H33FN7O7P/c1-7-29(31)27(38-15-33-21-24(37(5)6)34-28(32)35-25(21)38)43-22-23(30(22,29)40)45-46(41,36-17(4)26(39)42-16(2)3)44-20-14-10-12-18-11-8-9-13-19(18)20/h1,8-17,22-23,27,40H,2-6H3,(H,36,41)(H2,32,34,35)/t17-,22-,23?,27-,29+,30+,46-/m1/s1. The topological polar surface area (TPSA) is 176 Å². The average molecular weight is 654 g/mol. The lowest BCUT2D eigenvalue weighted by molar-refractivity contribution is -0.149. The van der Waals surface area contributed by atoms with E-state index in [1.165, 1.54) is 17.8 Å². The van der Waals surface area contributed by atoms with E-state index in [9.17, 15) is 14.5 Å². The molecule has 0 bridgehead atoms. The molecule has 1 unspecified atom stereocenters. The Kier molecular flexibility index (Phi) is 7.70. The SMILES string of the molecule is C#C[C@]1(F)[C@H](n2cnc3c(N(C)C)nc(N)nc32)O[C@@H]2C(O[P@@](=O)(N[C@H](C)C(=O)OC(C)C)Oc3cccc4ccccc34)[C@@]21O. The number of carbonyl (C=O) groups is 1. The molecule has 2 aromatic carbocycles. The van der Waals surface area contributed by atoms with Crippen LogP contribution in [-0.4, -0.2) is 80.3 Å². The molecule has 16 heteroatoms. The minimum absolute atomic E-state index is 0.103. The summed E-state index contributed by atoms with van der Waals surface area (Å²) in [7, 11) is -1.14. The molecule has 242 valence electrons. The van der Waals surface area contributed by atoms with Crippen molar-refractivity contribution in [2.75, 3.05) is 24.7 Å². The average Bonchev–Trinajstić information content (AvgIpc) is 3.24. The Morgan fingerprint density at radius 1 is 1.24 bits per heavy atom. The predicted octanol–water partition coefficient (Wildman–Crippen LogP) is 3.11. The Labute approximate surface area is 263 Å². The lowest BCUT2D eigenvalue weighted by Gasteiger charge is -2.31. The maximum Gasteiger partial charge on any atom is 0.459 e. The van der Waals surface area contributed by atoms with Gasteiger partial charge < -0.3 is 29.7 Å². The van der Waals surface area contributed by atoms with E-state index in [-0.39, 0.29) is 17.3 Å². The zero-order chi connectivity index (χ0) is 33.2. The smallest absolute Gasteiger partial charge is 0.459 e. The molecular weight excluding hydrogens is 620 g/mol. The highest BCUT2D eigenvalue weighted by Gasteiger charge is 2.87. The molecule has 3 heterocycles. The molecule has 4 aromatic rings. The normalized spacial score (nSPS) is 27.2. The van der Waals surface area contributed by atoms with Crippen LogP contribution in [0.25, 0.3) is 21.9 Å². The van der Waals surface area contributed by atoms with Crippen molar-refractivity contribution in [2.24, 2.45) is 0 Å². The molecule has 1 saturated heterocycles. The molecule has 1 aliphatic carbocycles. The number of nitrogen functional groups attached to an aromatic ring is 1. The minimum Gasteiger partial charge on any atom is -0.462 e. The summed E-state index contributed by atoms with van der Waals surface area (Å²) in [6, 6.07) is 11.1. The van der Waals surface area contributed by atoms with Gasteiger partial charge in [-0.2, -0.15) is 15.1 Å². The summed E-state index contributed by atoms with van der Waals surface area (Å²) in [6.07, 6.45) is 1.91. The van der Waals surface area contributed by atoms with Crippen LogP contribution in [0.5, 0.6) is 5.75 Å². The van der Waals surface area contributed by atoms with Crippen LogP contribution in [0.4, 0.5) is 16.2 Å². The molecular formula is C30H33FN7O7P. The number of hydrogen-bond donors (Lipinski definition) is 3. The Morgan fingerprint density at radius 2 is 1.96 bits per heavy atom. The van der Waals surface area contributed by atoms with Gasteiger partial charge in [0.2, 0.25) is 11.6 Å². The summed E-state index contributed by atoms with van der Waals surface area (Å²) in [6.45, 7) is 4.73. The van der Waals surface area contributed by atoms with Crippen molar-refractivity contribution >= 4 is 47.4 Å². The highest BCUT2D eigenvalue weighted by Crippen LogP contribution is 2.66. The van der Waals surface area contributed by atoms with E-state index in [0.29, 0.717) is 16.7 Å². The van der Waals surface area contributed by atoms with Gasteiger partial charge in [0.05, 0.1) is 12.4 Å². The number of fused-ring (bicyclic) bond motifs is 3. The van der Waals surface area contributed by atoms with Crippen LogP contribution < -0.4 is 20.2 Å². The van der Waals surface area contributed by atoms with E-state index in [1.54, 1.807) is 57.1 Å². The Hall–Kier alpha value is -4.32. The first kappa shape index (κ1) is 31.7. The van der Waals surface area contributed by atoms with Crippen LogP contribution in [0.3, 0.4) is 0 Å². The zero-order valence-electron chi connectivity index (χ0n) is 25.6. The second kappa shape index (κ2) is 11.2. The van der Waals surface area contributed by atoms with Crippen LogP contribution in [-0.2, 0) is 23.4 Å². The molecule has 2 fully saturated rings. The number of aromatic nitrogens is 4. The van der Waals surface area contributed by atoms with Gasteiger partial charge >= 0.3 is 13.7 Å². The number of alkyl halides is 1. The minimum atomic E-state index is -4.59. The van der Waals surface area contributed by atoms with Gasteiger partial charge in [0, 0.05) is 19.5 Å². The van der Waals surface area contributed by atoms with Crippen molar-refractivity contribution in [3.05, 3.63) is 48.8 Å². The molecule has 0 radical (unpaired) electrons. The van der Waals surface area contributed by atoms with Gasteiger partial charge in [-0.3, -0.25) is 13.9 Å². The van der Waals surface area contributed by atoms with E-state index in [1.807, 2.05) is 24.1 Å². The number of nitrogens with two attached hydrogens (primary N) is 1. The number of terminal acetylenes is 1. The van der Waals surface area contributed by atoms with Crippen molar-refractivity contribution in [3.63, 3.8) is 0 Å². The third-order valence-corrected chi connectivity index (χ3v) is 9.46. The van der Waals surface area contributed by atoms with Crippen LogP contribution >= 0.6 is 7.75 Å². The Bertz CT molecular complexity index is 1930. The molecule has 4 N–H and O–H groups in total. The number of carbonyl (C=O) groups excluding carboxylic acids is 1. The van der Waals surface area contributed by atoms with Gasteiger partial charge in [-0.1, -0.05) is 42.3 Å². The van der Waals surface area contributed by atoms with Crippen LogP contribution in [0.1, 0.15) is 27.0 Å². The number of anilines is 2. The summed E-state index contributed by atoms with van der Waals surface area (Å²) < 4.78 is 55.5. The number of aliphatic hydroxyl groups is 1. The van der Waals surface area contributed by atoms with E-state index >= 15 is 4.39 Å². The fourth-order valence-corrected chi connectivity index (χ4v) is 7.30. The van der Waals surface area contributed by atoms with Gasteiger partial charge in [-0.25, -0.2) is 13.9 Å². The second-order valence-corrected chi connectivity index (χ2v) is 13.3. The van der Waals surface area contributed by atoms with Gasteiger partial charge in [-0.05, 0) is 32.2 Å². The maximum absolute atomic E-state index is 16.9. The van der Waals surface area contributed by atoms with E-state index in [4.69, 9.17) is 30.7 Å². The fourth-order valence-electron chi connectivity index (χ4n) is 5.57. The molecule has 7 atom stereocenters. The molecule has 6 rings (SSSR count). The van der Waals surface area contributed by atoms with Crippen LogP contribution in [0, 0.1) is 12.3 Å². The third-order valence-electron chi connectivity index (χ3n) is 7.82. The molecule has 0 spiro atoms. The summed E-state index contributed by atoms with van der Waals surface area (Å²) >= 11 is 0. The molecule has 0 amide bonds. The molecule has 2 aromatic heterocycles. The lowest BCUT2D eigenvalue weighted by atomic mass is 9.96. The van der Waals surface area contributed by atoms with Crippen LogP contribution in [0.15, 0.2) is 48.8 Å². The zero-order valence-corrected chi connectivity index (χ0v) is 26.5.